The molecule has 4 heteroatoms. The zero-order valence-corrected chi connectivity index (χ0v) is 9.04. The third kappa shape index (κ3) is 1.74. The van der Waals surface area contributed by atoms with E-state index in [9.17, 15) is 9.18 Å². The van der Waals surface area contributed by atoms with Crippen LogP contribution in [0.2, 0.25) is 0 Å². The molecule has 3 nitrogen and oxygen atoms in total. The first-order valence-electron chi connectivity index (χ1n) is 4.90. The molecule has 1 heterocycles. The van der Waals surface area contributed by atoms with Crippen molar-refractivity contribution < 1.29 is 4.39 Å². The van der Waals surface area contributed by atoms with E-state index in [0.717, 1.165) is 5.56 Å². The molecule has 82 valence electrons. The lowest BCUT2D eigenvalue weighted by Crippen LogP contribution is -2.11. The maximum atomic E-state index is 13.6. The highest BCUT2D eigenvalue weighted by atomic mass is 19.1. The van der Waals surface area contributed by atoms with Crippen molar-refractivity contribution in [2.45, 2.75) is 13.8 Å². The smallest absolute Gasteiger partial charge is 0.254 e. The standard InChI is InChI=1S/C12H11FN2O/c1-7-3-4-10(13)9(5-7)11-8(2)12(16)15-6-14-11/h3-6H,1-2H3,(H,14,15,16). The summed E-state index contributed by atoms with van der Waals surface area (Å²) in [7, 11) is 0. The Balaban J connectivity index is 2.72. The highest BCUT2D eigenvalue weighted by molar-refractivity contribution is 5.63. The number of nitrogens with one attached hydrogen (secondary N) is 1. The van der Waals surface area contributed by atoms with Crippen molar-refractivity contribution >= 4 is 0 Å². The van der Waals surface area contributed by atoms with Crippen LogP contribution in [0, 0.1) is 19.7 Å². The molecule has 0 bridgehead atoms. The Morgan fingerprint density at radius 2 is 2.06 bits per heavy atom. The zero-order chi connectivity index (χ0) is 11.7. The van der Waals surface area contributed by atoms with E-state index in [1.165, 1.54) is 12.4 Å². The molecule has 0 aliphatic rings. The number of H-pyrrole nitrogens is 1. The Bertz CT molecular complexity index is 590. The summed E-state index contributed by atoms with van der Waals surface area (Å²) in [4.78, 5) is 17.9. The molecule has 1 N–H and O–H groups in total. The van der Waals surface area contributed by atoms with Crippen LogP contribution >= 0.6 is 0 Å². The fraction of sp³-hybridized carbons (Fsp3) is 0.167. The maximum absolute atomic E-state index is 13.6. The molecule has 0 fully saturated rings. The Kier molecular flexibility index (Phi) is 2.56. The van der Waals surface area contributed by atoms with E-state index in [4.69, 9.17) is 0 Å². The number of aromatic amines is 1. The first-order valence-corrected chi connectivity index (χ1v) is 4.90. The van der Waals surface area contributed by atoms with Gasteiger partial charge >= 0.3 is 0 Å². The lowest BCUT2D eigenvalue weighted by atomic mass is 10.0. The summed E-state index contributed by atoms with van der Waals surface area (Å²) in [5, 5.41) is 0. The summed E-state index contributed by atoms with van der Waals surface area (Å²) in [5.41, 5.74) is 1.87. The van der Waals surface area contributed by atoms with Crippen LogP contribution in [0.25, 0.3) is 11.3 Å². The van der Waals surface area contributed by atoms with Gasteiger partial charge < -0.3 is 4.98 Å². The summed E-state index contributed by atoms with van der Waals surface area (Å²) in [6.07, 6.45) is 1.28. The van der Waals surface area contributed by atoms with Crippen LogP contribution in [-0.2, 0) is 0 Å². The van der Waals surface area contributed by atoms with Crippen molar-refractivity contribution in [2.24, 2.45) is 0 Å². The molecule has 1 aromatic carbocycles. The minimum absolute atomic E-state index is 0.245. The molecule has 0 atom stereocenters. The van der Waals surface area contributed by atoms with Crippen LogP contribution < -0.4 is 5.56 Å². The molecule has 1 aromatic heterocycles. The number of aryl methyl sites for hydroxylation is 1. The van der Waals surface area contributed by atoms with Gasteiger partial charge in [0.25, 0.3) is 5.56 Å². The lowest BCUT2D eigenvalue weighted by Gasteiger charge is -2.05. The molecule has 0 aliphatic heterocycles. The summed E-state index contributed by atoms with van der Waals surface area (Å²) in [5.74, 6) is -0.369. The van der Waals surface area contributed by atoms with Gasteiger partial charge in [0.05, 0.1) is 12.0 Å². The van der Waals surface area contributed by atoms with Gasteiger partial charge in [0.2, 0.25) is 0 Å². The van der Waals surface area contributed by atoms with E-state index in [2.05, 4.69) is 9.97 Å². The Labute approximate surface area is 92.0 Å². The van der Waals surface area contributed by atoms with Gasteiger partial charge in [-0.3, -0.25) is 4.79 Å². The predicted octanol–water partition coefficient (Wildman–Crippen LogP) is 2.19. The third-order valence-electron chi connectivity index (χ3n) is 2.46. The van der Waals surface area contributed by atoms with Crippen LogP contribution in [0.1, 0.15) is 11.1 Å². The van der Waals surface area contributed by atoms with Gasteiger partial charge in [0.15, 0.2) is 0 Å². The van der Waals surface area contributed by atoms with Gasteiger partial charge in [-0.2, -0.15) is 0 Å². The predicted molar refractivity (Wildman–Crippen MR) is 59.7 cm³/mol. The fourth-order valence-corrected chi connectivity index (χ4v) is 1.56. The van der Waals surface area contributed by atoms with Crippen LogP contribution in [0.15, 0.2) is 29.3 Å². The van der Waals surface area contributed by atoms with Gasteiger partial charge in [-0.25, -0.2) is 9.37 Å². The topological polar surface area (TPSA) is 45.8 Å². The number of aromatic nitrogens is 2. The van der Waals surface area contributed by atoms with Gasteiger partial charge in [-0.15, -0.1) is 0 Å². The number of halogens is 1. The van der Waals surface area contributed by atoms with Crippen molar-refractivity contribution in [3.63, 3.8) is 0 Å². The van der Waals surface area contributed by atoms with Crippen molar-refractivity contribution in [3.05, 3.63) is 51.8 Å². The van der Waals surface area contributed by atoms with Gasteiger partial charge in [0.1, 0.15) is 5.82 Å². The second-order valence-corrected chi connectivity index (χ2v) is 3.69. The maximum Gasteiger partial charge on any atom is 0.254 e. The largest absolute Gasteiger partial charge is 0.313 e. The van der Waals surface area contributed by atoms with E-state index in [1.807, 2.05) is 6.92 Å². The summed E-state index contributed by atoms with van der Waals surface area (Å²) >= 11 is 0. The quantitative estimate of drug-likeness (QED) is 0.797. The number of benzene rings is 1. The monoisotopic (exact) mass is 218 g/mol. The van der Waals surface area contributed by atoms with Gasteiger partial charge in [-0.1, -0.05) is 11.6 Å². The molecule has 0 saturated carbocycles. The second kappa shape index (κ2) is 3.89. The Hall–Kier alpha value is -1.97. The molecule has 0 unspecified atom stereocenters. The second-order valence-electron chi connectivity index (χ2n) is 3.69. The van der Waals surface area contributed by atoms with Crippen LogP contribution in [-0.4, -0.2) is 9.97 Å². The molecule has 0 amide bonds. The molecule has 16 heavy (non-hydrogen) atoms. The van der Waals surface area contributed by atoms with Crippen LogP contribution in [0.5, 0.6) is 0 Å². The lowest BCUT2D eigenvalue weighted by molar-refractivity contribution is 0.630. The Morgan fingerprint density at radius 3 is 2.81 bits per heavy atom. The number of rotatable bonds is 1. The first kappa shape index (κ1) is 10.5. The van der Waals surface area contributed by atoms with E-state index >= 15 is 0 Å². The third-order valence-corrected chi connectivity index (χ3v) is 2.46. The van der Waals surface area contributed by atoms with Crippen LogP contribution in [0.4, 0.5) is 4.39 Å². The van der Waals surface area contributed by atoms with Crippen molar-refractivity contribution in [3.8, 4) is 11.3 Å². The number of hydrogen-bond donors (Lipinski definition) is 1. The SMILES string of the molecule is Cc1ccc(F)c(-c2nc[nH]c(=O)c2C)c1. The fourth-order valence-electron chi connectivity index (χ4n) is 1.56. The average molecular weight is 218 g/mol. The molecule has 0 saturated heterocycles. The van der Waals surface area contributed by atoms with Crippen molar-refractivity contribution in [2.75, 3.05) is 0 Å². The number of nitrogens with zero attached hydrogens (tertiary/aromatic N) is 1. The van der Waals surface area contributed by atoms with E-state index in [0.29, 0.717) is 16.8 Å². The Morgan fingerprint density at radius 1 is 1.31 bits per heavy atom. The molecule has 0 spiro atoms. The summed E-state index contributed by atoms with van der Waals surface area (Å²) < 4.78 is 13.6. The molecular weight excluding hydrogens is 207 g/mol. The minimum atomic E-state index is -0.369. The van der Waals surface area contributed by atoms with Gasteiger partial charge in [-0.05, 0) is 26.0 Å². The molecular formula is C12H11FN2O. The molecule has 0 aliphatic carbocycles. The normalized spacial score (nSPS) is 10.4. The van der Waals surface area contributed by atoms with Crippen molar-refractivity contribution in [1.82, 2.24) is 9.97 Å². The van der Waals surface area contributed by atoms with E-state index in [-0.39, 0.29) is 11.4 Å². The minimum Gasteiger partial charge on any atom is -0.313 e. The van der Waals surface area contributed by atoms with Crippen LogP contribution in [0.3, 0.4) is 0 Å². The first-order chi connectivity index (χ1) is 7.59. The molecule has 0 radical (unpaired) electrons. The average Bonchev–Trinajstić information content (AvgIpc) is 2.26. The van der Waals surface area contributed by atoms with E-state index in [1.54, 1.807) is 19.1 Å². The van der Waals surface area contributed by atoms with Crippen molar-refractivity contribution in [1.29, 1.82) is 0 Å². The van der Waals surface area contributed by atoms with E-state index < -0.39 is 0 Å². The number of hydrogen-bond acceptors (Lipinski definition) is 2. The zero-order valence-electron chi connectivity index (χ0n) is 9.04. The highest BCUT2D eigenvalue weighted by Crippen LogP contribution is 2.22. The summed E-state index contributed by atoms with van der Waals surface area (Å²) in [6, 6.07) is 4.75. The molecule has 2 rings (SSSR count). The molecule has 2 aromatic rings. The van der Waals surface area contributed by atoms with Gasteiger partial charge in [0, 0.05) is 11.1 Å². The summed E-state index contributed by atoms with van der Waals surface area (Å²) in [6.45, 7) is 3.49. The highest BCUT2D eigenvalue weighted by Gasteiger charge is 2.11.